The fourth-order valence-corrected chi connectivity index (χ4v) is 4.39. The van der Waals surface area contributed by atoms with Crippen LogP contribution in [0.2, 0.25) is 0 Å². The maximum Gasteiger partial charge on any atom is 0.278 e. The summed E-state index contributed by atoms with van der Waals surface area (Å²) in [6, 6.07) is 12.0. The number of anilines is 1. The third-order valence-corrected chi connectivity index (χ3v) is 5.53. The molecule has 0 saturated carbocycles. The third-order valence-electron chi connectivity index (χ3n) is 5.53. The first-order valence-electron chi connectivity index (χ1n) is 9.63. The first-order valence-corrected chi connectivity index (χ1v) is 9.63. The summed E-state index contributed by atoms with van der Waals surface area (Å²) in [5, 5.41) is 0. The lowest BCUT2D eigenvalue weighted by molar-refractivity contribution is -0.113. The van der Waals surface area contributed by atoms with Crippen LogP contribution in [0.25, 0.3) is 0 Å². The SMILES string of the molecule is CCOc1cc2c3c(c1)[C@H](C)CC(C)(C)N3C(=O)C2=Nc1ccc(C)cc1. The molecule has 2 aliphatic rings. The van der Waals surface area contributed by atoms with Crippen LogP contribution < -0.4 is 9.64 Å². The Hall–Kier alpha value is -2.62. The lowest BCUT2D eigenvalue weighted by atomic mass is 9.80. The summed E-state index contributed by atoms with van der Waals surface area (Å²) >= 11 is 0. The van der Waals surface area contributed by atoms with E-state index in [-0.39, 0.29) is 11.4 Å². The summed E-state index contributed by atoms with van der Waals surface area (Å²) in [6.07, 6.45) is 0.915. The van der Waals surface area contributed by atoms with Crippen LogP contribution in [-0.4, -0.2) is 23.8 Å². The zero-order valence-electron chi connectivity index (χ0n) is 16.7. The number of ether oxygens (including phenoxy) is 1. The lowest BCUT2D eigenvalue weighted by Crippen LogP contribution is -2.50. The van der Waals surface area contributed by atoms with Crippen molar-refractivity contribution >= 4 is 23.0 Å². The average molecular weight is 362 g/mol. The summed E-state index contributed by atoms with van der Waals surface area (Å²) in [6.45, 7) is 11.1. The topological polar surface area (TPSA) is 41.9 Å². The highest BCUT2D eigenvalue weighted by Crippen LogP contribution is 2.50. The van der Waals surface area contributed by atoms with Crippen molar-refractivity contribution < 1.29 is 9.53 Å². The van der Waals surface area contributed by atoms with E-state index < -0.39 is 0 Å². The smallest absolute Gasteiger partial charge is 0.278 e. The second-order valence-electron chi connectivity index (χ2n) is 8.20. The minimum absolute atomic E-state index is 0.0163. The number of aryl methyl sites for hydroxylation is 1. The van der Waals surface area contributed by atoms with E-state index in [1.165, 1.54) is 11.1 Å². The predicted octanol–water partition coefficient (Wildman–Crippen LogP) is 5.15. The van der Waals surface area contributed by atoms with Crippen molar-refractivity contribution in [2.24, 2.45) is 4.99 Å². The van der Waals surface area contributed by atoms with Gasteiger partial charge in [0.25, 0.3) is 5.91 Å². The molecule has 0 aliphatic carbocycles. The monoisotopic (exact) mass is 362 g/mol. The van der Waals surface area contributed by atoms with E-state index in [4.69, 9.17) is 9.73 Å². The van der Waals surface area contributed by atoms with Crippen molar-refractivity contribution in [2.75, 3.05) is 11.5 Å². The maximum atomic E-state index is 13.4. The molecule has 0 saturated heterocycles. The second-order valence-corrected chi connectivity index (χ2v) is 8.20. The van der Waals surface area contributed by atoms with Gasteiger partial charge in [-0.1, -0.05) is 24.6 Å². The highest BCUT2D eigenvalue weighted by Gasteiger charge is 2.48. The van der Waals surface area contributed by atoms with E-state index in [2.05, 4.69) is 26.8 Å². The van der Waals surface area contributed by atoms with Crippen LogP contribution in [0.1, 0.15) is 56.7 Å². The Bertz CT molecular complexity index is 942. The van der Waals surface area contributed by atoms with Gasteiger partial charge in [0.2, 0.25) is 0 Å². The van der Waals surface area contributed by atoms with Crippen LogP contribution in [0, 0.1) is 6.92 Å². The van der Waals surface area contributed by atoms with E-state index in [0.717, 1.165) is 29.1 Å². The van der Waals surface area contributed by atoms with Gasteiger partial charge in [0.1, 0.15) is 11.5 Å². The summed E-state index contributed by atoms with van der Waals surface area (Å²) in [4.78, 5) is 20.1. The Morgan fingerprint density at radius 3 is 2.59 bits per heavy atom. The fraction of sp³-hybridized carbons (Fsp3) is 0.391. The van der Waals surface area contributed by atoms with E-state index in [0.29, 0.717) is 18.2 Å². The highest BCUT2D eigenvalue weighted by atomic mass is 16.5. The Balaban J connectivity index is 1.94. The minimum Gasteiger partial charge on any atom is -0.494 e. The molecule has 0 aromatic heterocycles. The number of carbonyl (C=O) groups is 1. The van der Waals surface area contributed by atoms with Crippen molar-refractivity contribution in [3.8, 4) is 5.75 Å². The van der Waals surface area contributed by atoms with Crippen LogP contribution in [0.5, 0.6) is 5.75 Å². The Morgan fingerprint density at radius 1 is 1.22 bits per heavy atom. The molecule has 0 unspecified atom stereocenters. The molecule has 0 fully saturated rings. The molecular weight excluding hydrogens is 336 g/mol. The van der Waals surface area contributed by atoms with Gasteiger partial charge in [0.05, 0.1) is 18.0 Å². The summed E-state index contributed by atoms with van der Waals surface area (Å²) in [5.74, 6) is 1.15. The average Bonchev–Trinajstić information content (AvgIpc) is 2.88. The zero-order chi connectivity index (χ0) is 19.3. The first-order chi connectivity index (χ1) is 12.8. The minimum atomic E-state index is -0.240. The normalized spacial score (nSPS) is 21.5. The van der Waals surface area contributed by atoms with Crippen molar-refractivity contribution in [2.45, 2.75) is 52.5 Å². The Kier molecular flexibility index (Phi) is 4.10. The van der Waals surface area contributed by atoms with E-state index in [9.17, 15) is 4.79 Å². The zero-order valence-corrected chi connectivity index (χ0v) is 16.7. The van der Waals surface area contributed by atoms with Crippen LogP contribution in [0.15, 0.2) is 41.4 Å². The quantitative estimate of drug-likeness (QED) is 0.758. The molecule has 0 spiro atoms. The molecule has 4 nitrogen and oxygen atoms in total. The van der Waals surface area contributed by atoms with Crippen LogP contribution >= 0.6 is 0 Å². The molecule has 27 heavy (non-hydrogen) atoms. The predicted molar refractivity (Wildman–Crippen MR) is 110 cm³/mol. The number of hydrogen-bond acceptors (Lipinski definition) is 3. The summed E-state index contributed by atoms with van der Waals surface area (Å²) < 4.78 is 5.80. The molecule has 1 amide bonds. The van der Waals surface area contributed by atoms with E-state index >= 15 is 0 Å². The molecule has 0 N–H and O–H groups in total. The lowest BCUT2D eigenvalue weighted by Gasteiger charge is -2.43. The number of amides is 1. The molecule has 2 heterocycles. The number of rotatable bonds is 3. The Morgan fingerprint density at radius 2 is 1.93 bits per heavy atom. The standard InChI is InChI=1S/C23H26N2O2/c1-6-27-17-11-18-15(3)13-23(4,5)25-21(18)19(12-17)20(22(25)26)24-16-9-7-14(2)8-10-16/h7-12,15H,6,13H2,1-5H3/t15-/m1/s1. The largest absolute Gasteiger partial charge is 0.494 e. The van der Waals surface area contributed by atoms with Crippen LogP contribution in [0.3, 0.4) is 0 Å². The van der Waals surface area contributed by atoms with Crippen molar-refractivity contribution in [1.29, 1.82) is 0 Å². The number of nitrogens with zero attached hydrogens (tertiary/aromatic N) is 2. The van der Waals surface area contributed by atoms with Crippen LogP contribution in [0.4, 0.5) is 11.4 Å². The molecule has 0 radical (unpaired) electrons. The van der Waals surface area contributed by atoms with Gasteiger partial charge in [-0.2, -0.15) is 0 Å². The van der Waals surface area contributed by atoms with Crippen molar-refractivity contribution in [1.82, 2.24) is 0 Å². The molecule has 0 bridgehead atoms. The summed E-state index contributed by atoms with van der Waals surface area (Å²) in [7, 11) is 0. The summed E-state index contributed by atoms with van der Waals surface area (Å²) in [5.41, 5.74) is 5.32. The number of carbonyl (C=O) groups excluding carboxylic acids is 1. The molecule has 2 aromatic carbocycles. The number of benzene rings is 2. The van der Waals surface area contributed by atoms with Gasteiger partial charge in [-0.05, 0) is 69.9 Å². The van der Waals surface area contributed by atoms with Crippen molar-refractivity contribution in [3.05, 3.63) is 53.1 Å². The third kappa shape index (κ3) is 2.84. The molecule has 1 atom stereocenters. The fourth-order valence-electron chi connectivity index (χ4n) is 4.39. The number of aliphatic imine (C=N–C) groups is 1. The van der Waals surface area contributed by atoms with E-state index in [1.807, 2.05) is 49.1 Å². The van der Waals surface area contributed by atoms with E-state index in [1.54, 1.807) is 0 Å². The van der Waals surface area contributed by atoms with Gasteiger partial charge in [0.15, 0.2) is 0 Å². The van der Waals surface area contributed by atoms with Gasteiger partial charge in [-0.25, -0.2) is 4.99 Å². The van der Waals surface area contributed by atoms with Gasteiger partial charge < -0.3 is 9.64 Å². The first kappa shape index (κ1) is 17.8. The van der Waals surface area contributed by atoms with Gasteiger partial charge in [-0.15, -0.1) is 0 Å². The van der Waals surface area contributed by atoms with Gasteiger partial charge in [-0.3, -0.25) is 4.79 Å². The maximum absolute atomic E-state index is 13.4. The van der Waals surface area contributed by atoms with Gasteiger partial charge in [0, 0.05) is 11.1 Å². The molecule has 2 aliphatic heterocycles. The second kappa shape index (κ2) is 6.22. The van der Waals surface area contributed by atoms with Crippen LogP contribution in [-0.2, 0) is 4.79 Å². The molecule has 140 valence electrons. The van der Waals surface area contributed by atoms with Crippen molar-refractivity contribution in [3.63, 3.8) is 0 Å². The molecule has 4 heteroatoms. The van der Waals surface area contributed by atoms with Gasteiger partial charge >= 0.3 is 0 Å². The number of hydrogen-bond donors (Lipinski definition) is 0. The molecule has 2 aromatic rings. The molecular formula is C23H26N2O2. The Labute approximate surface area is 160 Å². The molecule has 4 rings (SSSR count). The highest BCUT2D eigenvalue weighted by molar-refractivity contribution is 6.55.